The van der Waals surface area contributed by atoms with Gasteiger partial charge in [-0.1, -0.05) is 22.0 Å². The number of nitro benzene ring substituents is 1. The van der Waals surface area contributed by atoms with Crippen LogP contribution in [-0.4, -0.2) is 27.5 Å². The number of nitrogens with zero attached hydrogens (tertiary/aromatic N) is 5. The molecule has 0 radical (unpaired) electrons. The molecule has 0 unspecified atom stereocenters. The molecular weight excluding hydrogens is 494 g/mol. The van der Waals surface area contributed by atoms with Crippen molar-refractivity contribution in [2.45, 2.75) is 11.8 Å². The molecule has 4 aromatic rings. The summed E-state index contributed by atoms with van der Waals surface area (Å²) >= 11 is 4.60. The molecule has 12 heteroatoms. The van der Waals surface area contributed by atoms with E-state index in [-0.39, 0.29) is 15.4 Å². The summed E-state index contributed by atoms with van der Waals surface area (Å²) in [6, 6.07) is 7.48. The summed E-state index contributed by atoms with van der Waals surface area (Å²) in [5, 5.41) is 17.2. The molecular formula is C18H14BrN5O4S2. The zero-order valence-electron chi connectivity index (χ0n) is 15.7. The number of thiazole rings is 1. The van der Waals surface area contributed by atoms with Gasteiger partial charge < -0.3 is 4.57 Å². The van der Waals surface area contributed by atoms with E-state index in [1.54, 1.807) is 34.6 Å². The minimum Gasteiger partial charge on any atom is -0.319 e. The first-order valence-electron chi connectivity index (χ1n) is 8.51. The maximum atomic E-state index is 12.9. The number of halogens is 1. The lowest BCUT2D eigenvalue weighted by molar-refractivity contribution is -0.385. The monoisotopic (exact) mass is 507 g/mol. The third-order valence-corrected chi connectivity index (χ3v) is 7.48. The quantitative estimate of drug-likeness (QED) is 0.309. The van der Waals surface area contributed by atoms with Gasteiger partial charge in [-0.2, -0.15) is 13.5 Å². The number of hydrogen-bond donors (Lipinski definition) is 0. The molecule has 0 fully saturated rings. The van der Waals surface area contributed by atoms with Crippen LogP contribution in [0.4, 0.5) is 5.69 Å². The Labute approximate surface area is 183 Å². The first-order valence-corrected chi connectivity index (χ1v) is 11.6. The van der Waals surface area contributed by atoms with E-state index in [9.17, 15) is 18.5 Å². The molecule has 0 saturated heterocycles. The minimum atomic E-state index is -4.15. The number of non-ortho nitro benzene ring substituents is 1. The van der Waals surface area contributed by atoms with Gasteiger partial charge in [0.1, 0.15) is 0 Å². The summed E-state index contributed by atoms with van der Waals surface area (Å²) < 4.78 is 34.0. The number of aromatic nitrogens is 3. The number of nitro groups is 1. The van der Waals surface area contributed by atoms with Gasteiger partial charge in [-0.3, -0.25) is 10.1 Å². The van der Waals surface area contributed by atoms with E-state index in [1.165, 1.54) is 12.1 Å². The molecule has 1 aromatic carbocycles. The summed E-state index contributed by atoms with van der Waals surface area (Å²) in [6.45, 7) is 1.57. The van der Waals surface area contributed by atoms with Crippen LogP contribution in [0.15, 0.2) is 61.9 Å². The van der Waals surface area contributed by atoms with Crippen LogP contribution in [0.2, 0.25) is 0 Å². The van der Waals surface area contributed by atoms with Gasteiger partial charge in [0.2, 0.25) is 4.80 Å². The molecule has 0 spiro atoms. The van der Waals surface area contributed by atoms with Crippen LogP contribution >= 0.6 is 27.3 Å². The van der Waals surface area contributed by atoms with Crippen molar-refractivity contribution >= 4 is 48.5 Å². The fourth-order valence-corrected chi connectivity index (χ4v) is 5.71. The Balaban J connectivity index is 1.85. The molecule has 0 saturated carbocycles. The maximum Gasteiger partial charge on any atom is 0.285 e. The lowest BCUT2D eigenvalue weighted by Crippen LogP contribution is -2.15. The van der Waals surface area contributed by atoms with Crippen molar-refractivity contribution in [2.75, 3.05) is 0 Å². The van der Waals surface area contributed by atoms with Crippen LogP contribution in [0.5, 0.6) is 0 Å². The number of pyridine rings is 1. The fraction of sp³-hybridized carbons (Fsp3) is 0.111. The molecule has 3 aromatic heterocycles. The number of aryl methyl sites for hydroxylation is 1. The average Bonchev–Trinajstić information content (AvgIpc) is 3.24. The standard InChI is InChI=1S/C18H14BrN5O4S2/c1-11-3-4-13(24(25)26)8-17(11)30(27,28)21-18-22(2)16(10-29-18)14-9-20-23-6-5-12(19)7-15(14)23/h3-10H,1-2H3/b21-18+. The van der Waals surface area contributed by atoms with Gasteiger partial charge in [0.25, 0.3) is 15.7 Å². The lowest BCUT2D eigenvalue weighted by atomic mass is 10.2. The van der Waals surface area contributed by atoms with Crippen molar-refractivity contribution in [2.24, 2.45) is 11.4 Å². The molecule has 0 aliphatic heterocycles. The third kappa shape index (κ3) is 3.57. The molecule has 0 amide bonds. The van der Waals surface area contributed by atoms with Crippen LogP contribution in [0.3, 0.4) is 0 Å². The van der Waals surface area contributed by atoms with Crippen molar-refractivity contribution in [1.82, 2.24) is 14.2 Å². The summed E-state index contributed by atoms with van der Waals surface area (Å²) in [5.41, 5.74) is 2.50. The molecule has 0 aliphatic rings. The predicted molar refractivity (Wildman–Crippen MR) is 116 cm³/mol. The smallest absolute Gasteiger partial charge is 0.285 e. The number of fused-ring (bicyclic) bond motifs is 1. The SMILES string of the molecule is Cc1ccc([N+](=O)[O-])cc1S(=O)(=O)/N=c1/scc(-c2cnn3ccc(Br)cc23)n1C. The molecule has 0 bridgehead atoms. The summed E-state index contributed by atoms with van der Waals surface area (Å²) in [5.74, 6) is 0. The van der Waals surface area contributed by atoms with Crippen LogP contribution in [0.1, 0.15) is 5.56 Å². The van der Waals surface area contributed by atoms with E-state index in [0.29, 0.717) is 5.56 Å². The number of rotatable bonds is 4. The molecule has 3 heterocycles. The van der Waals surface area contributed by atoms with E-state index < -0.39 is 14.9 Å². The van der Waals surface area contributed by atoms with Crippen molar-refractivity contribution in [3.63, 3.8) is 0 Å². The molecule has 4 rings (SSSR count). The minimum absolute atomic E-state index is 0.188. The van der Waals surface area contributed by atoms with Crippen LogP contribution in [-0.2, 0) is 17.1 Å². The largest absolute Gasteiger partial charge is 0.319 e. The Morgan fingerprint density at radius 3 is 2.77 bits per heavy atom. The Kier molecular flexibility index (Phi) is 5.08. The second kappa shape index (κ2) is 7.45. The number of hydrogen-bond acceptors (Lipinski definition) is 6. The fourth-order valence-electron chi connectivity index (χ4n) is 2.98. The number of sulfonamides is 1. The molecule has 0 aliphatic carbocycles. The van der Waals surface area contributed by atoms with Gasteiger partial charge >= 0.3 is 0 Å². The van der Waals surface area contributed by atoms with E-state index in [2.05, 4.69) is 25.4 Å². The Bertz CT molecular complexity index is 1480. The van der Waals surface area contributed by atoms with E-state index in [1.807, 2.05) is 18.3 Å². The lowest BCUT2D eigenvalue weighted by Gasteiger charge is -2.04. The van der Waals surface area contributed by atoms with E-state index >= 15 is 0 Å². The highest BCUT2D eigenvalue weighted by Gasteiger charge is 2.21. The summed E-state index contributed by atoms with van der Waals surface area (Å²) in [4.78, 5) is 10.5. The molecule has 9 nitrogen and oxygen atoms in total. The van der Waals surface area contributed by atoms with Gasteiger partial charge in [0.15, 0.2) is 0 Å². The third-order valence-electron chi connectivity index (χ3n) is 4.54. The first kappa shape index (κ1) is 20.4. The summed E-state index contributed by atoms with van der Waals surface area (Å²) in [6.07, 6.45) is 3.52. The maximum absolute atomic E-state index is 12.9. The van der Waals surface area contributed by atoms with Crippen LogP contribution in [0.25, 0.3) is 16.8 Å². The van der Waals surface area contributed by atoms with Crippen molar-refractivity contribution in [3.8, 4) is 11.3 Å². The van der Waals surface area contributed by atoms with Gasteiger partial charge in [0, 0.05) is 40.8 Å². The van der Waals surface area contributed by atoms with E-state index in [4.69, 9.17) is 0 Å². The van der Waals surface area contributed by atoms with Crippen LogP contribution < -0.4 is 4.80 Å². The highest BCUT2D eigenvalue weighted by molar-refractivity contribution is 9.10. The van der Waals surface area contributed by atoms with Gasteiger partial charge in [0.05, 0.1) is 27.2 Å². The van der Waals surface area contributed by atoms with Crippen molar-refractivity contribution in [3.05, 3.63) is 73.1 Å². The average molecular weight is 508 g/mol. The summed E-state index contributed by atoms with van der Waals surface area (Å²) in [7, 11) is -2.44. The van der Waals surface area contributed by atoms with E-state index in [0.717, 1.165) is 38.6 Å². The van der Waals surface area contributed by atoms with Crippen molar-refractivity contribution in [1.29, 1.82) is 0 Å². The predicted octanol–water partition coefficient (Wildman–Crippen LogP) is 3.67. The van der Waals surface area contributed by atoms with Gasteiger partial charge in [-0.05, 0) is 24.6 Å². The van der Waals surface area contributed by atoms with Crippen LogP contribution in [0, 0.1) is 17.0 Å². The number of benzene rings is 1. The Hall–Kier alpha value is -2.83. The normalized spacial score (nSPS) is 12.6. The molecule has 0 N–H and O–H groups in total. The molecule has 154 valence electrons. The Morgan fingerprint density at radius 1 is 1.27 bits per heavy atom. The van der Waals surface area contributed by atoms with Gasteiger partial charge in [-0.25, -0.2) is 4.52 Å². The second-order valence-electron chi connectivity index (χ2n) is 6.47. The zero-order valence-corrected chi connectivity index (χ0v) is 18.9. The highest BCUT2D eigenvalue weighted by Crippen LogP contribution is 2.27. The topological polar surface area (TPSA) is 112 Å². The van der Waals surface area contributed by atoms with Crippen molar-refractivity contribution < 1.29 is 13.3 Å². The van der Waals surface area contributed by atoms with Gasteiger partial charge in [-0.15, -0.1) is 15.7 Å². The molecule has 0 atom stereocenters. The first-order chi connectivity index (χ1) is 14.2. The highest BCUT2D eigenvalue weighted by atomic mass is 79.9. The second-order valence-corrected chi connectivity index (χ2v) is 9.79. The molecule has 30 heavy (non-hydrogen) atoms. The zero-order chi connectivity index (χ0) is 21.6. The Morgan fingerprint density at radius 2 is 2.03 bits per heavy atom.